The highest BCUT2D eigenvalue weighted by Crippen LogP contribution is 1.95. The Morgan fingerprint density at radius 2 is 2.08 bits per heavy atom. The number of alkyl halides is 1. The summed E-state index contributed by atoms with van der Waals surface area (Å²) in [5, 5.41) is 0. The molecule has 0 spiro atoms. The van der Waals surface area contributed by atoms with Crippen molar-refractivity contribution >= 4 is 10.0 Å². The second kappa shape index (κ2) is 5.51. The van der Waals surface area contributed by atoms with Crippen LogP contribution in [0.3, 0.4) is 0 Å². The van der Waals surface area contributed by atoms with E-state index in [0.717, 1.165) is 10.6 Å². The average Bonchev–Trinajstić information content (AvgIpc) is 2.02. The molecular weight excluding hydrogens is 197 g/mol. The van der Waals surface area contributed by atoms with E-state index in [0.29, 0.717) is 0 Å². The zero-order chi connectivity index (χ0) is 10.5. The van der Waals surface area contributed by atoms with Crippen LogP contribution >= 0.6 is 0 Å². The van der Waals surface area contributed by atoms with Gasteiger partial charge >= 0.3 is 0 Å². The van der Waals surface area contributed by atoms with Gasteiger partial charge in [-0.25, -0.2) is 17.1 Å². The van der Waals surface area contributed by atoms with Gasteiger partial charge in [0.1, 0.15) is 6.67 Å². The van der Waals surface area contributed by atoms with Crippen molar-refractivity contribution in [2.24, 2.45) is 0 Å². The predicted octanol–water partition coefficient (Wildman–Crippen LogP) is 0.252. The summed E-state index contributed by atoms with van der Waals surface area (Å²) in [4.78, 5) is 0. The third-order valence-corrected chi connectivity index (χ3v) is 2.91. The maximum absolute atomic E-state index is 11.9. The van der Waals surface area contributed by atoms with Crippen LogP contribution in [0.2, 0.25) is 0 Å². The fourth-order valence-corrected chi connectivity index (χ4v) is 0.999. The molecule has 4 nitrogen and oxygen atoms in total. The van der Waals surface area contributed by atoms with Crippen molar-refractivity contribution in [3.63, 3.8) is 0 Å². The Labute approximate surface area is 78.7 Å². The van der Waals surface area contributed by atoms with Crippen LogP contribution in [-0.4, -0.2) is 52.0 Å². The Morgan fingerprint density at radius 1 is 1.54 bits per heavy atom. The zero-order valence-electron chi connectivity index (χ0n) is 8.16. The molecule has 1 unspecified atom stereocenters. The van der Waals surface area contributed by atoms with Gasteiger partial charge in [-0.05, 0) is 6.92 Å². The first-order valence-corrected chi connectivity index (χ1v) is 5.81. The molecule has 0 fully saturated rings. The van der Waals surface area contributed by atoms with E-state index in [4.69, 9.17) is 4.74 Å². The van der Waals surface area contributed by atoms with E-state index < -0.39 is 22.8 Å². The lowest BCUT2D eigenvalue weighted by Crippen LogP contribution is -2.30. The zero-order valence-corrected chi connectivity index (χ0v) is 8.97. The molecule has 0 aromatic heterocycles. The maximum atomic E-state index is 11.9. The molecule has 0 aliphatic carbocycles. The van der Waals surface area contributed by atoms with Crippen molar-refractivity contribution in [2.45, 2.75) is 13.0 Å². The van der Waals surface area contributed by atoms with E-state index in [1.165, 1.54) is 7.05 Å². The van der Waals surface area contributed by atoms with E-state index in [2.05, 4.69) is 0 Å². The monoisotopic (exact) mass is 213 g/mol. The van der Waals surface area contributed by atoms with Crippen LogP contribution in [0.15, 0.2) is 0 Å². The fraction of sp³-hybridized carbons (Fsp3) is 1.00. The van der Waals surface area contributed by atoms with E-state index in [-0.39, 0.29) is 13.2 Å². The standard InChI is InChI=1S/C7H16FNO3S/c1-7(6-8)12-5-4-9(2)13(3,10)11/h7H,4-6H2,1-3H3. The highest BCUT2D eigenvalue weighted by Gasteiger charge is 2.10. The van der Waals surface area contributed by atoms with Gasteiger partial charge in [0.2, 0.25) is 10.0 Å². The van der Waals surface area contributed by atoms with Crippen LogP contribution in [0.25, 0.3) is 0 Å². The van der Waals surface area contributed by atoms with E-state index in [1.54, 1.807) is 6.92 Å². The van der Waals surface area contributed by atoms with E-state index >= 15 is 0 Å². The number of halogens is 1. The number of nitrogens with zero attached hydrogens (tertiary/aromatic N) is 1. The summed E-state index contributed by atoms with van der Waals surface area (Å²) in [7, 11) is -1.69. The molecule has 0 saturated carbocycles. The van der Waals surface area contributed by atoms with Gasteiger partial charge in [-0.1, -0.05) is 0 Å². The molecule has 0 saturated heterocycles. The normalized spacial score (nSPS) is 14.8. The summed E-state index contributed by atoms with van der Waals surface area (Å²) < 4.78 is 39.8. The van der Waals surface area contributed by atoms with Crippen molar-refractivity contribution in [1.29, 1.82) is 0 Å². The van der Waals surface area contributed by atoms with Gasteiger partial charge in [0.15, 0.2) is 0 Å². The Hall–Kier alpha value is -0.200. The van der Waals surface area contributed by atoms with Gasteiger partial charge in [-0.2, -0.15) is 0 Å². The largest absolute Gasteiger partial charge is 0.374 e. The quantitative estimate of drug-likeness (QED) is 0.635. The molecule has 0 heterocycles. The van der Waals surface area contributed by atoms with Gasteiger partial charge in [0.25, 0.3) is 0 Å². The Bertz CT molecular complexity index is 230. The van der Waals surface area contributed by atoms with Gasteiger partial charge in [0, 0.05) is 13.6 Å². The molecule has 0 N–H and O–H groups in total. The maximum Gasteiger partial charge on any atom is 0.211 e. The number of ether oxygens (including phenoxy) is 1. The molecule has 0 amide bonds. The predicted molar refractivity (Wildman–Crippen MR) is 48.9 cm³/mol. The minimum absolute atomic E-state index is 0.217. The first kappa shape index (κ1) is 12.8. The summed E-state index contributed by atoms with van der Waals surface area (Å²) in [6.45, 7) is 1.51. The Morgan fingerprint density at radius 3 is 2.46 bits per heavy atom. The minimum atomic E-state index is -3.15. The molecule has 0 rings (SSSR count). The summed E-state index contributed by atoms with van der Waals surface area (Å²) in [5.74, 6) is 0. The number of hydrogen-bond acceptors (Lipinski definition) is 3. The van der Waals surface area contributed by atoms with Crippen molar-refractivity contribution in [1.82, 2.24) is 4.31 Å². The molecule has 0 aromatic carbocycles. The van der Waals surface area contributed by atoms with Crippen molar-refractivity contribution in [2.75, 3.05) is 33.1 Å². The number of sulfonamides is 1. The van der Waals surface area contributed by atoms with Gasteiger partial charge in [-0.3, -0.25) is 0 Å². The molecule has 0 aliphatic rings. The van der Waals surface area contributed by atoms with E-state index in [9.17, 15) is 12.8 Å². The lowest BCUT2D eigenvalue weighted by molar-refractivity contribution is 0.0449. The molecule has 13 heavy (non-hydrogen) atoms. The van der Waals surface area contributed by atoms with Crippen molar-refractivity contribution in [3.05, 3.63) is 0 Å². The third-order valence-electron chi connectivity index (χ3n) is 1.59. The van der Waals surface area contributed by atoms with Gasteiger partial charge < -0.3 is 4.74 Å². The molecule has 0 radical (unpaired) electrons. The van der Waals surface area contributed by atoms with Crippen LogP contribution in [0.1, 0.15) is 6.92 Å². The molecule has 1 atom stereocenters. The molecule has 0 aliphatic heterocycles. The Balaban J connectivity index is 3.66. The van der Waals surface area contributed by atoms with Crippen LogP contribution in [0.5, 0.6) is 0 Å². The molecular formula is C7H16FNO3S. The molecule has 6 heteroatoms. The van der Waals surface area contributed by atoms with Crippen LogP contribution in [0, 0.1) is 0 Å². The topological polar surface area (TPSA) is 46.6 Å². The fourth-order valence-electron chi connectivity index (χ4n) is 0.593. The highest BCUT2D eigenvalue weighted by atomic mass is 32.2. The molecule has 0 aromatic rings. The minimum Gasteiger partial charge on any atom is -0.374 e. The molecule has 80 valence electrons. The second-order valence-electron chi connectivity index (χ2n) is 2.92. The second-order valence-corrected chi connectivity index (χ2v) is 5.01. The van der Waals surface area contributed by atoms with Crippen LogP contribution in [0.4, 0.5) is 4.39 Å². The lowest BCUT2D eigenvalue weighted by Gasteiger charge is -2.15. The average molecular weight is 213 g/mol. The van der Waals surface area contributed by atoms with Crippen LogP contribution < -0.4 is 0 Å². The number of hydrogen-bond donors (Lipinski definition) is 0. The van der Waals surface area contributed by atoms with E-state index in [1.807, 2.05) is 0 Å². The number of likely N-dealkylation sites (N-methyl/N-ethyl adjacent to an activating group) is 1. The summed E-state index contributed by atoms with van der Waals surface area (Å²) in [5.41, 5.74) is 0. The lowest BCUT2D eigenvalue weighted by atomic mass is 10.4. The van der Waals surface area contributed by atoms with Crippen molar-refractivity contribution < 1.29 is 17.5 Å². The summed E-state index contributed by atoms with van der Waals surface area (Å²) >= 11 is 0. The Kier molecular flexibility index (Phi) is 5.43. The van der Waals surface area contributed by atoms with Gasteiger partial charge in [-0.15, -0.1) is 0 Å². The SMILES string of the molecule is CC(CF)OCCN(C)S(C)(=O)=O. The smallest absolute Gasteiger partial charge is 0.211 e. The first-order chi connectivity index (χ1) is 5.88. The number of rotatable bonds is 6. The molecule has 0 bridgehead atoms. The van der Waals surface area contributed by atoms with Gasteiger partial charge in [0.05, 0.1) is 19.0 Å². The summed E-state index contributed by atoms with van der Waals surface area (Å²) in [6.07, 6.45) is 0.652. The highest BCUT2D eigenvalue weighted by molar-refractivity contribution is 7.88. The van der Waals surface area contributed by atoms with Crippen molar-refractivity contribution in [3.8, 4) is 0 Å². The first-order valence-electron chi connectivity index (χ1n) is 3.96. The third kappa shape index (κ3) is 5.95. The van der Waals surface area contributed by atoms with Crippen LogP contribution in [-0.2, 0) is 14.8 Å². The summed E-state index contributed by atoms with van der Waals surface area (Å²) in [6, 6.07) is 0.